The van der Waals surface area contributed by atoms with E-state index in [4.69, 9.17) is 0 Å². The largest absolute Gasteiger partial charge is 0.352 e. The number of hydrogen-bond donors (Lipinski definition) is 1. The first kappa shape index (κ1) is 22.5. The second kappa shape index (κ2) is 9.76. The first-order valence-corrected chi connectivity index (χ1v) is 10.8. The van der Waals surface area contributed by atoms with Gasteiger partial charge in [0, 0.05) is 38.8 Å². The second-order valence-electron chi connectivity index (χ2n) is 8.25. The van der Waals surface area contributed by atoms with E-state index in [9.17, 15) is 14.4 Å². The van der Waals surface area contributed by atoms with Crippen molar-refractivity contribution in [3.63, 3.8) is 0 Å². The van der Waals surface area contributed by atoms with Crippen molar-refractivity contribution >= 4 is 17.7 Å². The molecule has 2 aromatic rings. The summed E-state index contributed by atoms with van der Waals surface area (Å²) in [4.78, 5) is 41.2. The first-order chi connectivity index (χ1) is 14.8. The van der Waals surface area contributed by atoms with Crippen LogP contribution in [0.15, 0.2) is 30.3 Å². The van der Waals surface area contributed by atoms with Crippen LogP contribution < -0.4 is 5.32 Å². The summed E-state index contributed by atoms with van der Waals surface area (Å²) in [6.45, 7) is 7.59. The van der Waals surface area contributed by atoms with E-state index in [1.54, 1.807) is 22.7 Å². The zero-order chi connectivity index (χ0) is 22.5. The van der Waals surface area contributed by atoms with Gasteiger partial charge < -0.3 is 15.1 Å². The monoisotopic (exact) mass is 425 g/mol. The van der Waals surface area contributed by atoms with Gasteiger partial charge in [-0.15, -0.1) is 0 Å². The summed E-state index contributed by atoms with van der Waals surface area (Å²) in [5.41, 5.74) is 2.81. The molecule has 31 heavy (non-hydrogen) atoms. The molecular weight excluding hydrogens is 394 g/mol. The van der Waals surface area contributed by atoms with E-state index in [1.807, 2.05) is 39.0 Å². The molecule has 1 N–H and O–H groups in total. The van der Waals surface area contributed by atoms with E-state index in [2.05, 4.69) is 16.5 Å². The summed E-state index contributed by atoms with van der Waals surface area (Å²) < 4.78 is 1.61. The minimum atomic E-state index is -0.377. The Morgan fingerprint density at radius 3 is 2.74 bits per heavy atom. The summed E-state index contributed by atoms with van der Waals surface area (Å²) in [7, 11) is 1.56. The Hall–Kier alpha value is -3.16. The smallest absolute Gasteiger partial charge is 0.274 e. The molecule has 0 aliphatic carbocycles. The molecule has 1 atom stereocenters. The van der Waals surface area contributed by atoms with Crippen LogP contribution in [0, 0.1) is 6.92 Å². The summed E-state index contributed by atoms with van der Waals surface area (Å²) in [5.74, 6) is -0.730. The van der Waals surface area contributed by atoms with Gasteiger partial charge in [-0.2, -0.15) is 5.10 Å². The first-order valence-electron chi connectivity index (χ1n) is 10.8. The number of carbonyl (C=O) groups excluding carboxylic acids is 3. The third-order valence-electron chi connectivity index (χ3n) is 5.51. The van der Waals surface area contributed by atoms with Crippen LogP contribution in [-0.4, -0.2) is 63.5 Å². The van der Waals surface area contributed by atoms with E-state index < -0.39 is 0 Å². The minimum absolute atomic E-state index is 0.0525. The Morgan fingerprint density at radius 2 is 2.03 bits per heavy atom. The molecule has 0 bridgehead atoms. The van der Waals surface area contributed by atoms with E-state index in [1.165, 1.54) is 4.90 Å². The highest BCUT2D eigenvalue weighted by molar-refractivity contribution is 5.99. The Morgan fingerprint density at radius 1 is 1.26 bits per heavy atom. The highest BCUT2D eigenvalue weighted by Crippen LogP contribution is 2.18. The van der Waals surface area contributed by atoms with Crippen LogP contribution in [0.2, 0.25) is 0 Å². The fraction of sp³-hybridized carbons (Fsp3) is 0.478. The molecule has 0 saturated carbocycles. The molecule has 1 aliphatic rings. The van der Waals surface area contributed by atoms with Crippen LogP contribution in [0.25, 0.3) is 0 Å². The number of nitrogens with one attached hydrogen (secondary N) is 1. The highest BCUT2D eigenvalue weighted by atomic mass is 16.2. The van der Waals surface area contributed by atoms with Gasteiger partial charge in [-0.05, 0) is 32.3 Å². The van der Waals surface area contributed by atoms with Crippen molar-refractivity contribution in [2.75, 3.05) is 20.1 Å². The van der Waals surface area contributed by atoms with Gasteiger partial charge in [-0.3, -0.25) is 19.1 Å². The topological polar surface area (TPSA) is 87.5 Å². The Bertz CT molecular complexity index is 968. The lowest BCUT2D eigenvalue weighted by atomic mass is 10.1. The maximum absolute atomic E-state index is 13.1. The Balaban J connectivity index is 1.71. The van der Waals surface area contributed by atoms with Crippen LogP contribution in [0.1, 0.15) is 58.8 Å². The maximum Gasteiger partial charge on any atom is 0.274 e. The minimum Gasteiger partial charge on any atom is -0.352 e. The molecule has 0 fully saturated rings. The molecule has 1 aromatic heterocycles. The summed E-state index contributed by atoms with van der Waals surface area (Å²) in [6.07, 6.45) is 1.57. The zero-order valence-electron chi connectivity index (χ0n) is 18.7. The molecule has 8 nitrogen and oxygen atoms in total. The van der Waals surface area contributed by atoms with Crippen LogP contribution in [0.5, 0.6) is 0 Å². The van der Waals surface area contributed by atoms with Gasteiger partial charge in [-0.25, -0.2) is 0 Å². The van der Waals surface area contributed by atoms with Gasteiger partial charge in [-0.1, -0.05) is 36.8 Å². The highest BCUT2D eigenvalue weighted by Gasteiger charge is 2.27. The Labute approximate surface area is 183 Å². The average molecular weight is 426 g/mol. The number of amides is 3. The molecule has 3 amide bonds. The van der Waals surface area contributed by atoms with Crippen molar-refractivity contribution in [2.24, 2.45) is 0 Å². The lowest BCUT2D eigenvalue weighted by Gasteiger charge is -2.20. The predicted molar refractivity (Wildman–Crippen MR) is 118 cm³/mol. The molecule has 8 heteroatoms. The van der Waals surface area contributed by atoms with Crippen molar-refractivity contribution < 1.29 is 14.4 Å². The van der Waals surface area contributed by atoms with E-state index in [0.717, 1.165) is 24.0 Å². The van der Waals surface area contributed by atoms with E-state index in [-0.39, 0.29) is 36.0 Å². The summed E-state index contributed by atoms with van der Waals surface area (Å²) >= 11 is 0. The number of nitrogens with zero attached hydrogens (tertiary/aromatic N) is 4. The molecule has 0 saturated heterocycles. The predicted octanol–water partition coefficient (Wildman–Crippen LogP) is 2.22. The molecule has 1 aliphatic heterocycles. The maximum atomic E-state index is 13.1. The van der Waals surface area contributed by atoms with Gasteiger partial charge in [0.25, 0.3) is 11.8 Å². The van der Waals surface area contributed by atoms with Crippen molar-refractivity contribution in [3.8, 4) is 0 Å². The number of likely N-dealkylation sites (N-methyl/N-ethyl adjacent to an activating group) is 1. The third-order valence-corrected chi connectivity index (χ3v) is 5.51. The fourth-order valence-corrected chi connectivity index (χ4v) is 3.63. The average Bonchev–Trinajstić information content (AvgIpc) is 3.10. The van der Waals surface area contributed by atoms with Gasteiger partial charge in [0.05, 0.1) is 6.54 Å². The van der Waals surface area contributed by atoms with Crippen molar-refractivity contribution in [1.29, 1.82) is 0 Å². The Kier molecular flexibility index (Phi) is 7.09. The number of aryl methyl sites for hydroxylation is 2. The van der Waals surface area contributed by atoms with Crippen molar-refractivity contribution in [3.05, 3.63) is 52.8 Å². The van der Waals surface area contributed by atoms with E-state index in [0.29, 0.717) is 25.3 Å². The van der Waals surface area contributed by atoms with Gasteiger partial charge in [0.1, 0.15) is 5.69 Å². The third kappa shape index (κ3) is 5.51. The van der Waals surface area contributed by atoms with Crippen molar-refractivity contribution in [1.82, 2.24) is 24.9 Å². The second-order valence-corrected chi connectivity index (χ2v) is 8.25. The standard InChI is InChI=1S/C23H31N5O3/c1-5-17(3)24-21(29)15-26(4)22(30)19-13-20-23(31)27(10-7-11-28(20)25-19)14-18-9-6-8-16(2)12-18/h6,8-9,12-13,17H,5,7,10-11,14-15H2,1-4H3,(H,24,29)/t17-/m0/s1. The van der Waals surface area contributed by atoms with Crippen LogP contribution in [0.4, 0.5) is 0 Å². The lowest BCUT2D eigenvalue weighted by molar-refractivity contribution is -0.122. The zero-order valence-corrected chi connectivity index (χ0v) is 18.7. The number of hydrogen-bond acceptors (Lipinski definition) is 4. The fourth-order valence-electron chi connectivity index (χ4n) is 3.63. The number of aromatic nitrogens is 2. The molecule has 166 valence electrons. The molecule has 0 radical (unpaired) electrons. The van der Waals surface area contributed by atoms with Crippen LogP contribution in [-0.2, 0) is 17.9 Å². The normalized spacial score (nSPS) is 14.6. The summed E-state index contributed by atoms with van der Waals surface area (Å²) in [6, 6.07) is 9.70. The SMILES string of the molecule is CC[C@H](C)NC(=O)CN(C)C(=O)c1cc2n(n1)CCCN(Cc1cccc(C)c1)C2=O. The lowest BCUT2D eigenvalue weighted by Crippen LogP contribution is -2.41. The molecule has 3 rings (SSSR count). The molecule has 0 spiro atoms. The van der Waals surface area contributed by atoms with Crippen LogP contribution in [0.3, 0.4) is 0 Å². The molecule has 0 unspecified atom stereocenters. The van der Waals surface area contributed by atoms with Crippen molar-refractivity contribution in [2.45, 2.75) is 52.7 Å². The van der Waals surface area contributed by atoms with Crippen LogP contribution >= 0.6 is 0 Å². The number of fused-ring (bicyclic) bond motifs is 1. The van der Waals surface area contributed by atoms with Gasteiger partial charge in [0.15, 0.2) is 5.69 Å². The number of rotatable bonds is 7. The van der Waals surface area contributed by atoms with Gasteiger partial charge >= 0.3 is 0 Å². The molecule has 1 aromatic carbocycles. The number of carbonyl (C=O) groups is 3. The molecule has 2 heterocycles. The van der Waals surface area contributed by atoms with E-state index >= 15 is 0 Å². The quantitative estimate of drug-likeness (QED) is 0.737. The van der Waals surface area contributed by atoms with Gasteiger partial charge in [0.2, 0.25) is 5.91 Å². The summed E-state index contributed by atoms with van der Waals surface area (Å²) in [5, 5.41) is 7.21. The molecular formula is C23H31N5O3. The number of benzene rings is 1.